The van der Waals surface area contributed by atoms with Crippen molar-refractivity contribution in [1.29, 1.82) is 0 Å². The summed E-state index contributed by atoms with van der Waals surface area (Å²) in [6.45, 7) is 0.206. The summed E-state index contributed by atoms with van der Waals surface area (Å²) < 4.78 is 2.42. The highest BCUT2D eigenvalue weighted by atomic mass is 15.2. The largest absolute Gasteiger partial charge is 0.437 e. The van der Waals surface area contributed by atoms with Crippen LogP contribution in [0.25, 0.3) is 56.7 Å². The van der Waals surface area contributed by atoms with Gasteiger partial charge in [-0.05, 0) is 88.7 Å². The lowest BCUT2D eigenvalue weighted by molar-refractivity contribution is 0.878. The SMILES string of the molecule is C1=CB2c3c(-c4ccc(-c5nc(-c6ccccn6)nc(-c6ccccn6)n5)cc4-c4ccccc4)cccc3N3C=CC=CB3N2C=C1. The Bertz CT molecular complexity index is 2210. The Kier molecular flexibility index (Phi) is 6.86. The molecule has 0 aliphatic carbocycles. The Labute approximate surface area is 279 Å². The third-order valence-corrected chi connectivity index (χ3v) is 8.95. The average molecular weight is 615 g/mol. The molecule has 9 heteroatoms. The van der Waals surface area contributed by atoms with E-state index in [0.29, 0.717) is 28.9 Å². The predicted molar refractivity (Wildman–Crippen MR) is 195 cm³/mol. The maximum absolute atomic E-state index is 4.95. The fraction of sp³-hybridized carbons (Fsp3) is 0. The number of allylic oxidation sites excluding steroid dienone is 4. The first-order valence-electron chi connectivity index (χ1n) is 16.0. The van der Waals surface area contributed by atoms with Gasteiger partial charge in [0.25, 0.3) is 0 Å². The summed E-state index contributed by atoms with van der Waals surface area (Å²) in [6.07, 6.45) is 16.4. The number of rotatable bonds is 5. The van der Waals surface area contributed by atoms with Crippen molar-refractivity contribution in [2.75, 3.05) is 4.81 Å². The first kappa shape index (κ1) is 27.9. The van der Waals surface area contributed by atoms with E-state index in [2.05, 4.69) is 135 Å². The summed E-state index contributed by atoms with van der Waals surface area (Å²) in [5.74, 6) is 6.11. The van der Waals surface area contributed by atoms with Crippen molar-refractivity contribution in [3.05, 3.63) is 164 Å². The monoisotopic (exact) mass is 615 g/mol. The Balaban J connectivity index is 1.25. The van der Waals surface area contributed by atoms with Gasteiger partial charge < -0.3 is 9.53 Å². The highest BCUT2D eigenvalue weighted by Crippen LogP contribution is 2.38. The van der Waals surface area contributed by atoms with Gasteiger partial charge >= 0.3 is 13.8 Å². The fourth-order valence-electron chi connectivity index (χ4n) is 6.78. The Hall–Kier alpha value is -6.34. The van der Waals surface area contributed by atoms with Crippen LogP contribution in [0.15, 0.2) is 164 Å². The van der Waals surface area contributed by atoms with Gasteiger partial charge in [0.1, 0.15) is 11.4 Å². The van der Waals surface area contributed by atoms with Gasteiger partial charge in [0.2, 0.25) is 0 Å². The number of anilines is 1. The number of pyridine rings is 2. The van der Waals surface area contributed by atoms with Crippen LogP contribution >= 0.6 is 0 Å². The number of hydrogen-bond acceptors (Lipinski definition) is 7. The van der Waals surface area contributed by atoms with Gasteiger partial charge in [0.05, 0.1) is 0 Å². The minimum atomic E-state index is 0.0901. The summed E-state index contributed by atoms with van der Waals surface area (Å²) in [6, 6.07) is 35.2. The Morgan fingerprint density at radius 2 is 1.21 bits per heavy atom. The van der Waals surface area contributed by atoms with Crippen LogP contribution < -0.4 is 10.3 Å². The van der Waals surface area contributed by atoms with Crippen LogP contribution in [0.5, 0.6) is 0 Å². The first-order valence-corrected chi connectivity index (χ1v) is 16.0. The smallest absolute Gasteiger partial charge is 0.395 e. The molecule has 0 N–H and O–H groups in total. The van der Waals surface area contributed by atoms with Crippen LogP contribution in [0.1, 0.15) is 0 Å². The van der Waals surface area contributed by atoms with Gasteiger partial charge in [-0.3, -0.25) is 9.97 Å². The molecule has 0 radical (unpaired) electrons. The standard InChI is InChI=1S/C39H27B2N7/c1-2-13-28(14-3-1)32-27-29(37-44-38(33-16-4-8-23-42-33)46-39(45-37)34-17-5-9-24-43-34)19-20-30(32)31-15-12-18-35-36(31)40-21-6-11-26-48(40)41-22-7-10-25-47(35)41/h1-27H. The van der Waals surface area contributed by atoms with Crippen molar-refractivity contribution in [1.82, 2.24) is 29.6 Å². The van der Waals surface area contributed by atoms with Gasteiger partial charge in [-0.2, -0.15) is 0 Å². The molecule has 48 heavy (non-hydrogen) atoms. The van der Waals surface area contributed by atoms with Crippen LogP contribution in [-0.2, 0) is 0 Å². The molecule has 0 unspecified atom stereocenters. The molecule has 0 amide bonds. The number of nitrogens with zero attached hydrogens (tertiary/aromatic N) is 7. The molecule has 6 heterocycles. The normalized spacial score (nSPS) is 14.2. The molecule has 0 atom stereocenters. The molecular weight excluding hydrogens is 588 g/mol. The Morgan fingerprint density at radius 1 is 0.500 bits per heavy atom. The molecule has 7 nitrogen and oxygen atoms in total. The van der Waals surface area contributed by atoms with E-state index in [-0.39, 0.29) is 13.8 Å². The van der Waals surface area contributed by atoms with E-state index in [4.69, 9.17) is 15.0 Å². The zero-order chi connectivity index (χ0) is 31.9. The molecule has 0 fully saturated rings. The maximum atomic E-state index is 4.95. The number of hydrogen-bond donors (Lipinski definition) is 0. The summed E-state index contributed by atoms with van der Waals surface area (Å²) in [7, 11) is 0. The summed E-state index contributed by atoms with van der Waals surface area (Å²) >= 11 is 0. The average Bonchev–Trinajstić information content (AvgIpc) is 3.18. The van der Waals surface area contributed by atoms with Crippen molar-refractivity contribution >= 4 is 25.0 Å². The van der Waals surface area contributed by atoms with Crippen LogP contribution in [0.4, 0.5) is 5.69 Å². The minimum absolute atomic E-state index is 0.0901. The van der Waals surface area contributed by atoms with Crippen molar-refractivity contribution in [2.45, 2.75) is 0 Å². The van der Waals surface area contributed by atoms with Gasteiger partial charge in [-0.25, -0.2) is 15.0 Å². The molecular formula is C39H27B2N7. The van der Waals surface area contributed by atoms with E-state index in [1.807, 2.05) is 36.4 Å². The van der Waals surface area contributed by atoms with Crippen molar-refractivity contribution in [2.24, 2.45) is 0 Å². The Morgan fingerprint density at radius 3 is 1.96 bits per heavy atom. The van der Waals surface area contributed by atoms with Crippen molar-refractivity contribution in [3.63, 3.8) is 0 Å². The maximum Gasteiger partial charge on any atom is 0.395 e. The molecule has 224 valence electrons. The molecule has 3 aliphatic rings. The lowest BCUT2D eigenvalue weighted by Crippen LogP contribution is -2.64. The second-order valence-corrected chi connectivity index (χ2v) is 11.8. The van der Waals surface area contributed by atoms with Crippen molar-refractivity contribution < 1.29 is 0 Å². The summed E-state index contributed by atoms with van der Waals surface area (Å²) in [5, 5.41) is 0. The molecule has 6 aromatic rings. The number of benzene rings is 3. The molecule has 9 rings (SSSR count). The van der Waals surface area contributed by atoms with Crippen LogP contribution in [0, 0.1) is 0 Å². The van der Waals surface area contributed by atoms with Crippen LogP contribution in [0.3, 0.4) is 0 Å². The number of aromatic nitrogens is 5. The van der Waals surface area contributed by atoms with E-state index in [0.717, 1.165) is 22.3 Å². The first-order chi connectivity index (χ1) is 23.8. The fourth-order valence-corrected chi connectivity index (χ4v) is 6.78. The molecule has 0 bridgehead atoms. The highest BCUT2D eigenvalue weighted by molar-refractivity contribution is 6.91. The molecule has 3 aliphatic heterocycles. The lowest BCUT2D eigenvalue weighted by Gasteiger charge is -2.46. The van der Waals surface area contributed by atoms with Crippen molar-refractivity contribution in [3.8, 4) is 56.7 Å². The van der Waals surface area contributed by atoms with E-state index < -0.39 is 0 Å². The van der Waals surface area contributed by atoms with E-state index in [1.165, 1.54) is 16.7 Å². The second kappa shape index (κ2) is 11.8. The van der Waals surface area contributed by atoms with Crippen LogP contribution in [0.2, 0.25) is 0 Å². The number of fused-ring (bicyclic) bond motifs is 6. The van der Waals surface area contributed by atoms with Crippen LogP contribution in [-0.4, -0.2) is 43.5 Å². The quantitative estimate of drug-likeness (QED) is 0.193. The predicted octanol–water partition coefficient (Wildman–Crippen LogP) is 7.05. The minimum Gasteiger partial charge on any atom is -0.437 e. The molecule has 0 saturated heterocycles. The van der Waals surface area contributed by atoms with Gasteiger partial charge in [0, 0.05) is 23.6 Å². The van der Waals surface area contributed by atoms with E-state index >= 15 is 0 Å². The third-order valence-electron chi connectivity index (χ3n) is 8.95. The molecule has 0 saturated carbocycles. The zero-order valence-electron chi connectivity index (χ0n) is 25.9. The summed E-state index contributed by atoms with van der Waals surface area (Å²) in [5.41, 5.74) is 9.25. The molecule has 3 aromatic carbocycles. The van der Waals surface area contributed by atoms with E-state index in [9.17, 15) is 0 Å². The highest BCUT2D eigenvalue weighted by Gasteiger charge is 2.43. The van der Waals surface area contributed by atoms with Gasteiger partial charge in [-0.1, -0.05) is 90.8 Å². The summed E-state index contributed by atoms with van der Waals surface area (Å²) in [4.78, 5) is 26.1. The molecule has 3 aromatic heterocycles. The molecule has 0 spiro atoms. The lowest BCUT2D eigenvalue weighted by atomic mass is 9.42. The zero-order valence-corrected chi connectivity index (χ0v) is 25.9. The second-order valence-electron chi connectivity index (χ2n) is 11.8. The van der Waals surface area contributed by atoms with Gasteiger partial charge in [0.15, 0.2) is 17.5 Å². The topological polar surface area (TPSA) is 70.9 Å². The van der Waals surface area contributed by atoms with E-state index in [1.54, 1.807) is 12.4 Å². The third kappa shape index (κ3) is 4.84. The van der Waals surface area contributed by atoms with Gasteiger partial charge in [-0.15, -0.1) is 0 Å².